The Labute approximate surface area is 154 Å². The number of hydrogen-bond acceptors (Lipinski definition) is 4. The number of likely N-dealkylation sites (tertiary alicyclic amines) is 1. The molecule has 1 amide bonds. The Bertz CT molecular complexity index is 1110. The number of aromatic nitrogens is 4. The van der Waals surface area contributed by atoms with Gasteiger partial charge in [-0.25, -0.2) is 4.98 Å². The van der Waals surface area contributed by atoms with Gasteiger partial charge in [-0.15, -0.1) is 0 Å². The summed E-state index contributed by atoms with van der Waals surface area (Å²) in [4.78, 5) is 45.7. The molecular weight excluding hydrogens is 346 g/mol. The van der Waals surface area contributed by atoms with Crippen LogP contribution in [0.5, 0.6) is 0 Å². The van der Waals surface area contributed by atoms with Crippen LogP contribution in [0.4, 0.5) is 0 Å². The van der Waals surface area contributed by atoms with Crippen molar-refractivity contribution >= 4 is 16.9 Å². The van der Waals surface area contributed by atoms with Gasteiger partial charge in [-0.2, -0.15) is 0 Å². The van der Waals surface area contributed by atoms with Crippen molar-refractivity contribution in [2.24, 2.45) is 0 Å². The largest absolute Gasteiger partial charge is 0.342 e. The van der Waals surface area contributed by atoms with Crippen LogP contribution in [-0.4, -0.2) is 44.1 Å². The van der Waals surface area contributed by atoms with E-state index >= 15 is 0 Å². The lowest BCUT2D eigenvalue weighted by atomic mass is 9.97. The Morgan fingerprint density at radius 2 is 2.11 bits per heavy atom. The summed E-state index contributed by atoms with van der Waals surface area (Å²) in [5.74, 6) is 0.873. The van der Waals surface area contributed by atoms with E-state index < -0.39 is 11.1 Å². The quantitative estimate of drug-likeness (QED) is 0.645. The topological polar surface area (TPSA) is 115 Å². The molecule has 0 radical (unpaired) electrons. The third-order valence-corrected chi connectivity index (χ3v) is 5.05. The fourth-order valence-corrected chi connectivity index (χ4v) is 3.63. The first-order chi connectivity index (χ1) is 13.0. The Hall–Kier alpha value is -3.16. The lowest BCUT2D eigenvalue weighted by Crippen LogP contribution is -2.41. The van der Waals surface area contributed by atoms with E-state index in [0.29, 0.717) is 13.1 Å². The van der Waals surface area contributed by atoms with E-state index in [1.165, 1.54) is 11.6 Å². The predicted molar refractivity (Wildman–Crippen MR) is 101 cm³/mol. The van der Waals surface area contributed by atoms with Crippen LogP contribution in [-0.2, 0) is 11.2 Å². The molecule has 1 atom stereocenters. The summed E-state index contributed by atoms with van der Waals surface area (Å²) in [5, 5.41) is 4.46. The Morgan fingerprint density at radius 1 is 1.26 bits per heavy atom. The number of carbonyl (C=O) groups is 1. The van der Waals surface area contributed by atoms with Gasteiger partial charge in [-0.1, -0.05) is 6.07 Å². The molecule has 1 fully saturated rings. The van der Waals surface area contributed by atoms with Gasteiger partial charge in [-0.3, -0.25) is 24.6 Å². The average molecular weight is 367 g/mol. The van der Waals surface area contributed by atoms with Crippen LogP contribution in [0.1, 0.15) is 35.7 Å². The van der Waals surface area contributed by atoms with Gasteiger partial charge in [0.15, 0.2) is 0 Å². The second-order valence-electron chi connectivity index (χ2n) is 7.11. The first-order valence-corrected chi connectivity index (χ1v) is 9.04. The summed E-state index contributed by atoms with van der Waals surface area (Å²) < 4.78 is 0. The van der Waals surface area contributed by atoms with Gasteiger partial charge in [0, 0.05) is 30.6 Å². The van der Waals surface area contributed by atoms with E-state index in [9.17, 15) is 14.4 Å². The second-order valence-corrected chi connectivity index (χ2v) is 7.11. The highest BCUT2D eigenvalue weighted by Crippen LogP contribution is 2.27. The van der Waals surface area contributed by atoms with Crippen LogP contribution in [0, 0.1) is 6.92 Å². The highest BCUT2D eigenvalue weighted by molar-refractivity contribution is 5.79. The van der Waals surface area contributed by atoms with E-state index in [4.69, 9.17) is 0 Å². The predicted octanol–water partition coefficient (Wildman–Crippen LogP) is 1.20. The number of benzene rings is 1. The number of piperidine rings is 1. The zero-order valence-corrected chi connectivity index (χ0v) is 15.0. The van der Waals surface area contributed by atoms with Crippen molar-refractivity contribution in [2.45, 2.75) is 32.1 Å². The first-order valence-electron chi connectivity index (χ1n) is 9.04. The number of aryl methyl sites for hydroxylation is 1. The molecule has 140 valence electrons. The average Bonchev–Trinajstić information content (AvgIpc) is 3.08. The zero-order valence-electron chi connectivity index (χ0n) is 15.0. The third kappa shape index (κ3) is 3.55. The molecule has 1 aliphatic rings. The number of carbonyl (C=O) groups excluding carboxylic acids is 1. The smallest absolute Gasteiger partial charge is 0.266 e. The molecule has 1 saturated heterocycles. The molecule has 2 aromatic heterocycles. The summed E-state index contributed by atoms with van der Waals surface area (Å²) in [5.41, 5.74) is 2.42. The minimum absolute atomic E-state index is 0.0781. The zero-order chi connectivity index (χ0) is 19.0. The maximum atomic E-state index is 12.7. The van der Waals surface area contributed by atoms with Crippen molar-refractivity contribution in [1.82, 2.24) is 25.1 Å². The van der Waals surface area contributed by atoms with E-state index in [1.54, 1.807) is 4.90 Å². The van der Waals surface area contributed by atoms with Gasteiger partial charge < -0.3 is 9.88 Å². The summed E-state index contributed by atoms with van der Waals surface area (Å²) in [7, 11) is 0. The second kappa shape index (κ2) is 6.86. The number of nitrogens with zero attached hydrogens (tertiary/aromatic N) is 2. The van der Waals surface area contributed by atoms with Gasteiger partial charge >= 0.3 is 0 Å². The van der Waals surface area contributed by atoms with Crippen molar-refractivity contribution < 1.29 is 4.79 Å². The molecule has 4 rings (SSSR count). The minimum Gasteiger partial charge on any atom is -0.342 e. The maximum Gasteiger partial charge on any atom is 0.266 e. The Balaban J connectivity index is 1.51. The molecule has 0 saturated carbocycles. The molecule has 8 heteroatoms. The van der Waals surface area contributed by atoms with E-state index in [0.717, 1.165) is 29.7 Å². The number of hydrogen-bond donors (Lipinski definition) is 3. The summed E-state index contributed by atoms with van der Waals surface area (Å²) >= 11 is 0. The van der Waals surface area contributed by atoms with Crippen molar-refractivity contribution in [3.63, 3.8) is 0 Å². The van der Waals surface area contributed by atoms with E-state index in [2.05, 4.69) is 26.2 Å². The first kappa shape index (κ1) is 17.3. The number of nitrogens with one attached hydrogen (secondary N) is 3. The van der Waals surface area contributed by atoms with Crippen molar-refractivity contribution in [3.8, 4) is 0 Å². The number of aromatic amines is 3. The molecule has 3 aromatic rings. The third-order valence-electron chi connectivity index (χ3n) is 5.05. The molecule has 0 spiro atoms. The van der Waals surface area contributed by atoms with Crippen LogP contribution >= 0.6 is 0 Å². The molecule has 1 aromatic carbocycles. The number of amides is 1. The van der Waals surface area contributed by atoms with Crippen LogP contribution in [0.25, 0.3) is 11.0 Å². The Kier molecular flexibility index (Phi) is 4.39. The van der Waals surface area contributed by atoms with E-state index in [1.807, 2.05) is 19.1 Å². The molecular formula is C19H21N5O3. The monoisotopic (exact) mass is 367 g/mol. The molecule has 1 aliphatic heterocycles. The Morgan fingerprint density at radius 3 is 2.96 bits per heavy atom. The molecule has 3 heterocycles. The molecule has 27 heavy (non-hydrogen) atoms. The van der Waals surface area contributed by atoms with Crippen molar-refractivity contribution in [2.75, 3.05) is 13.1 Å². The van der Waals surface area contributed by atoms with E-state index in [-0.39, 0.29) is 23.8 Å². The fourth-order valence-electron chi connectivity index (χ4n) is 3.63. The lowest BCUT2D eigenvalue weighted by molar-refractivity contribution is -0.131. The molecule has 0 bridgehead atoms. The SMILES string of the molecule is Cc1ccc2nc([C@@H]3CCCN(C(=O)Cc4cc(=O)[nH][nH]c4=O)C3)[nH]c2c1. The molecule has 0 unspecified atom stereocenters. The fraction of sp³-hybridized carbons (Fsp3) is 0.368. The molecule has 3 N–H and O–H groups in total. The van der Waals surface area contributed by atoms with Gasteiger partial charge in [0.25, 0.3) is 11.1 Å². The van der Waals surface area contributed by atoms with Gasteiger partial charge in [-0.05, 0) is 37.5 Å². The van der Waals surface area contributed by atoms with Gasteiger partial charge in [0.1, 0.15) is 5.82 Å². The lowest BCUT2D eigenvalue weighted by Gasteiger charge is -2.31. The molecule has 0 aliphatic carbocycles. The summed E-state index contributed by atoms with van der Waals surface area (Å²) in [6, 6.07) is 7.27. The number of fused-ring (bicyclic) bond motifs is 1. The van der Waals surface area contributed by atoms with Gasteiger partial charge in [0.2, 0.25) is 5.91 Å². The minimum atomic E-state index is -0.441. The van der Waals surface area contributed by atoms with Crippen LogP contribution in [0.3, 0.4) is 0 Å². The number of H-pyrrole nitrogens is 3. The summed E-state index contributed by atoms with van der Waals surface area (Å²) in [6.45, 7) is 3.24. The summed E-state index contributed by atoms with van der Waals surface area (Å²) in [6.07, 6.45) is 1.75. The van der Waals surface area contributed by atoms with Crippen molar-refractivity contribution in [1.29, 1.82) is 0 Å². The normalized spacial score (nSPS) is 17.4. The van der Waals surface area contributed by atoms with Crippen LogP contribution < -0.4 is 11.1 Å². The standard InChI is InChI=1S/C19H21N5O3/c1-11-4-5-14-15(7-11)21-18(20-14)12-3-2-6-24(10-12)17(26)9-13-8-16(25)22-23-19(13)27/h4-5,7-8,12H,2-3,6,9-10H2,1H3,(H,20,21)(H,22,25)(H,23,27)/t12-/m1/s1. The van der Waals surface area contributed by atoms with Crippen molar-refractivity contribution in [3.05, 3.63) is 61.9 Å². The van der Waals surface area contributed by atoms with Crippen LogP contribution in [0.2, 0.25) is 0 Å². The highest BCUT2D eigenvalue weighted by atomic mass is 16.2. The molecule has 8 nitrogen and oxygen atoms in total. The van der Waals surface area contributed by atoms with Gasteiger partial charge in [0.05, 0.1) is 17.5 Å². The highest BCUT2D eigenvalue weighted by Gasteiger charge is 2.27. The number of imidazole rings is 1. The number of rotatable bonds is 3. The van der Waals surface area contributed by atoms with Crippen LogP contribution in [0.15, 0.2) is 33.9 Å². The maximum absolute atomic E-state index is 12.7.